The molecule has 0 bridgehead atoms. The third-order valence-corrected chi connectivity index (χ3v) is 5.80. The van der Waals surface area contributed by atoms with Gasteiger partial charge in [-0.25, -0.2) is 8.42 Å². The Morgan fingerprint density at radius 3 is 2.56 bits per heavy atom. The first-order valence-corrected chi connectivity index (χ1v) is 9.82. The largest absolute Gasteiger partial charge is 0.341 e. The second-order valence-corrected chi connectivity index (χ2v) is 7.98. The predicted octanol–water partition coefficient (Wildman–Crippen LogP) is 0.357. The maximum absolute atomic E-state index is 12.5. The lowest BCUT2D eigenvalue weighted by atomic mass is 9.96. The number of aromatic nitrogens is 2. The molecule has 2 N–H and O–H groups in total. The van der Waals surface area contributed by atoms with E-state index in [9.17, 15) is 13.2 Å². The number of hydrogen-bond donors (Lipinski definition) is 2. The number of nitrogens with one attached hydrogen (secondary N) is 2. The van der Waals surface area contributed by atoms with Crippen LogP contribution in [-0.2, 0) is 21.9 Å². The summed E-state index contributed by atoms with van der Waals surface area (Å²) in [6, 6.07) is -0.791. The summed E-state index contributed by atoms with van der Waals surface area (Å²) in [4.78, 5) is 14.3. The monoisotopic (exact) mass is 393 g/mol. The van der Waals surface area contributed by atoms with Crippen LogP contribution in [0.2, 0.25) is 0 Å². The van der Waals surface area contributed by atoms with Crippen LogP contribution >= 0.6 is 12.4 Å². The number of hydrogen-bond acceptors (Lipinski definition) is 5. The van der Waals surface area contributed by atoms with Gasteiger partial charge >= 0.3 is 0 Å². The van der Waals surface area contributed by atoms with Gasteiger partial charge < -0.3 is 10.2 Å². The Morgan fingerprint density at radius 1 is 1.40 bits per heavy atom. The summed E-state index contributed by atoms with van der Waals surface area (Å²) in [6.45, 7) is 6.94. The fourth-order valence-electron chi connectivity index (χ4n) is 2.87. The molecule has 1 fully saturated rings. The summed E-state index contributed by atoms with van der Waals surface area (Å²) in [5.74, 6) is 0.403. The van der Waals surface area contributed by atoms with E-state index in [2.05, 4.69) is 22.1 Å². The van der Waals surface area contributed by atoms with Gasteiger partial charge in [-0.15, -0.1) is 12.4 Å². The standard InChI is InChI=1S/C15H27N5O3S.ClH/c1-4-16-9-13-5-7-20(8-6-13)15(21)12(2)18-24(22,23)14-10-17-19(3)11-14;/h10-13,16,18H,4-9H2,1-3H3;1H. The maximum Gasteiger partial charge on any atom is 0.244 e. The van der Waals surface area contributed by atoms with E-state index in [4.69, 9.17) is 0 Å². The van der Waals surface area contributed by atoms with E-state index in [1.807, 2.05) is 0 Å². The summed E-state index contributed by atoms with van der Waals surface area (Å²) in [5.41, 5.74) is 0. The van der Waals surface area contributed by atoms with Crippen molar-refractivity contribution in [3.05, 3.63) is 12.4 Å². The topological polar surface area (TPSA) is 96.3 Å². The molecule has 1 aromatic rings. The van der Waals surface area contributed by atoms with E-state index < -0.39 is 16.1 Å². The van der Waals surface area contributed by atoms with Crippen LogP contribution in [0.25, 0.3) is 0 Å². The molecule has 1 amide bonds. The second kappa shape index (κ2) is 9.51. The molecule has 2 heterocycles. The summed E-state index contributed by atoms with van der Waals surface area (Å²) in [5, 5.41) is 7.19. The molecule has 0 radical (unpaired) electrons. The zero-order valence-corrected chi connectivity index (χ0v) is 16.6. The molecule has 2 rings (SSSR count). The minimum Gasteiger partial charge on any atom is -0.341 e. The number of carbonyl (C=O) groups excluding carboxylic acids is 1. The van der Waals surface area contributed by atoms with E-state index in [0.29, 0.717) is 19.0 Å². The first kappa shape index (κ1) is 21.9. The minimum absolute atomic E-state index is 0. The molecule has 25 heavy (non-hydrogen) atoms. The average Bonchev–Trinajstić information content (AvgIpc) is 3.00. The van der Waals surface area contributed by atoms with Crippen molar-refractivity contribution in [1.82, 2.24) is 24.7 Å². The van der Waals surface area contributed by atoms with Crippen LogP contribution in [0, 0.1) is 5.92 Å². The lowest BCUT2D eigenvalue weighted by Gasteiger charge is -2.33. The Kier molecular flexibility index (Phi) is 8.33. The molecular formula is C15H28ClN5O3S. The van der Waals surface area contributed by atoms with Gasteiger partial charge in [0.2, 0.25) is 15.9 Å². The Bertz CT molecular complexity index is 656. The molecule has 1 atom stereocenters. The molecule has 1 unspecified atom stereocenters. The van der Waals surface area contributed by atoms with Crippen molar-refractivity contribution in [2.24, 2.45) is 13.0 Å². The van der Waals surface area contributed by atoms with Crippen molar-refractivity contribution in [1.29, 1.82) is 0 Å². The molecule has 1 aliphatic rings. The normalized spacial score (nSPS) is 17.2. The van der Waals surface area contributed by atoms with E-state index in [1.54, 1.807) is 18.9 Å². The number of nitrogens with zero attached hydrogens (tertiary/aromatic N) is 3. The van der Waals surface area contributed by atoms with Gasteiger partial charge in [0.15, 0.2) is 0 Å². The maximum atomic E-state index is 12.5. The van der Waals surface area contributed by atoms with Crippen molar-refractivity contribution in [2.45, 2.75) is 37.6 Å². The lowest BCUT2D eigenvalue weighted by Crippen LogP contribution is -2.49. The quantitative estimate of drug-likeness (QED) is 0.697. The summed E-state index contributed by atoms with van der Waals surface area (Å²) in [7, 11) is -2.09. The van der Waals surface area contributed by atoms with Gasteiger partial charge in [0, 0.05) is 26.3 Å². The van der Waals surface area contributed by atoms with Gasteiger partial charge in [-0.3, -0.25) is 9.48 Å². The van der Waals surface area contributed by atoms with Crippen LogP contribution in [0.5, 0.6) is 0 Å². The van der Waals surface area contributed by atoms with Crippen LogP contribution in [0.3, 0.4) is 0 Å². The number of rotatable bonds is 7. The summed E-state index contributed by atoms with van der Waals surface area (Å²) in [6.07, 6.45) is 4.57. The molecule has 1 aromatic heterocycles. The molecule has 1 aliphatic heterocycles. The Morgan fingerprint density at radius 2 is 2.04 bits per heavy atom. The van der Waals surface area contributed by atoms with Gasteiger partial charge in [-0.2, -0.15) is 9.82 Å². The molecule has 8 nitrogen and oxygen atoms in total. The number of amides is 1. The van der Waals surface area contributed by atoms with Crippen LogP contribution in [0.15, 0.2) is 17.3 Å². The number of likely N-dealkylation sites (tertiary alicyclic amines) is 1. The molecule has 0 saturated carbocycles. The molecule has 0 aliphatic carbocycles. The van der Waals surface area contributed by atoms with Crippen LogP contribution < -0.4 is 10.0 Å². The molecular weight excluding hydrogens is 366 g/mol. The lowest BCUT2D eigenvalue weighted by molar-refractivity contribution is -0.133. The van der Waals surface area contributed by atoms with E-state index in [1.165, 1.54) is 17.1 Å². The smallest absolute Gasteiger partial charge is 0.244 e. The molecule has 0 spiro atoms. The molecule has 1 saturated heterocycles. The van der Waals surface area contributed by atoms with Gasteiger partial charge in [-0.1, -0.05) is 6.92 Å². The number of aryl methyl sites for hydroxylation is 1. The fourth-order valence-corrected chi connectivity index (χ4v) is 4.05. The Balaban J connectivity index is 0.00000312. The van der Waals surface area contributed by atoms with E-state index in [-0.39, 0.29) is 23.2 Å². The number of halogens is 1. The SMILES string of the molecule is CCNCC1CCN(C(=O)C(C)NS(=O)(=O)c2cnn(C)c2)CC1.Cl. The van der Waals surface area contributed by atoms with Crippen molar-refractivity contribution in [3.8, 4) is 0 Å². The van der Waals surface area contributed by atoms with Crippen LogP contribution in [0.4, 0.5) is 0 Å². The average molecular weight is 394 g/mol. The highest BCUT2D eigenvalue weighted by atomic mass is 35.5. The first-order valence-electron chi connectivity index (χ1n) is 8.34. The first-order chi connectivity index (χ1) is 11.3. The third kappa shape index (κ3) is 5.95. The van der Waals surface area contributed by atoms with E-state index >= 15 is 0 Å². The van der Waals surface area contributed by atoms with Crippen LogP contribution in [-0.4, -0.2) is 61.2 Å². The highest BCUT2D eigenvalue weighted by Crippen LogP contribution is 2.17. The minimum atomic E-state index is -3.74. The number of carbonyl (C=O) groups is 1. The van der Waals surface area contributed by atoms with Gasteiger partial charge in [0.25, 0.3) is 0 Å². The summed E-state index contributed by atoms with van der Waals surface area (Å²) >= 11 is 0. The van der Waals surface area contributed by atoms with Crippen molar-refractivity contribution >= 4 is 28.3 Å². The zero-order chi connectivity index (χ0) is 17.7. The van der Waals surface area contributed by atoms with Crippen molar-refractivity contribution < 1.29 is 13.2 Å². The second-order valence-electron chi connectivity index (χ2n) is 6.27. The predicted molar refractivity (Wildman–Crippen MR) is 98.1 cm³/mol. The van der Waals surface area contributed by atoms with Crippen molar-refractivity contribution in [3.63, 3.8) is 0 Å². The highest BCUT2D eigenvalue weighted by Gasteiger charge is 2.29. The highest BCUT2D eigenvalue weighted by molar-refractivity contribution is 7.89. The summed E-state index contributed by atoms with van der Waals surface area (Å²) < 4.78 is 28.4. The van der Waals surface area contributed by atoms with Gasteiger partial charge in [0.05, 0.1) is 12.2 Å². The van der Waals surface area contributed by atoms with Crippen molar-refractivity contribution in [2.75, 3.05) is 26.2 Å². The Labute approximate surface area is 155 Å². The third-order valence-electron chi connectivity index (χ3n) is 4.30. The fraction of sp³-hybridized carbons (Fsp3) is 0.733. The van der Waals surface area contributed by atoms with Gasteiger partial charge in [0.1, 0.15) is 4.90 Å². The number of piperidine rings is 1. The zero-order valence-electron chi connectivity index (χ0n) is 14.9. The van der Waals surface area contributed by atoms with Gasteiger partial charge in [-0.05, 0) is 38.8 Å². The Hall–Kier alpha value is -1.16. The molecule has 0 aromatic carbocycles. The molecule has 144 valence electrons. The number of sulfonamides is 1. The van der Waals surface area contributed by atoms with E-state index in [0.717, 1.165) is 25.9 Å². The van der Waals surface area contributed by atoms with Crippen LogP contribution in [0.1, 0.15) is 26.7 Å². The molecule has 10 heteroatoms.